The van der Waals surface area contributed by atoms with Gasteiger partial charge in [0.15, 0.2) is 6.79 Å². The molecular weight excluding hydrogens is 368 g/mol. The highest BCUT2D eigenvalue weighted by atomic mass is 16.6. The van der Waals surface area contributed by atoms with Gasteiger partial charge >= 0.3 is 5.97 Å². The second-order valence-electron chi connectivity index (χ2n) is 6.90. The van der Waals surface area contributed by atoms with Gasteiger partial charge in [0.05, 0.1) is 17.5 Å². The van der Waals surface area contributed by atoms with Gasteiger partial charge in [-0.2, -0.15) is 10.2 Å². The molecule has 0 saturated heterocycles. The summed E-state index contributed by atoms with van der Waals surface area (Å²) in [6.07, 6.45) is 5.18. The van der Waals surface area contributed by atoms with Crippen LogP contribution in [0.2, 0.25) is 0 Å². The number of unbranched alkanes of at least 4 members (excludes halogenated alkanes) is 2. The van der Waals surface area contributed by atoms with Gasteiger partial charge in [-0.25, -0.2) is 0 Å². The van der Waals surface area contributed by atoms with Gasteiger partial charge in [0.25, 0.3) is 0 Å². The van der Waals surface area contributed by atoms with Crippen molar-refractivity contribution in [3.05, 3.63) is 54.1 Å². The summed E-state index contributed by atoms with van der Waals surface area (Å²) in [5.74, 6) is 0.493. The maximum atomic E-state index is 11.1. The Morgan fingerprint density at radius 3 is 2.17 bits per heavy atom. The molecule has 0 saturated carbocycles. The van der Waals surface area contributed by atoms with E-state index in [0.29, 0.717) is 6.42 Å². The van der Waals surface area contributed by atoms with Gasteiger partial charge in [0.2, 0.25) is 0 Å². The molecule has 0 unspecified atom stereocenters. The Balaban J connectivity index is 1.74. The van der Waals surface area contributed by atoms with Crippen molar-refractivity contribution in [3.8, 4) is 5.75 Å². The van der Waals surface area contributed by atoms with E-state index < -0.39 is 6.79 Å². The number of ether oxygens (including phenoxy) is 2. The molecule has 0 aliphatic rings. The third-order valence-electron chi connectivity index (χ3n) is 4.54. The molecule has 2 rings (SSSR count). The van der Waals surface area contributed by atoms with Crippen molar-refractivity contribution in [2.75, 3.05) is 6.79 Å². The van der Waals surface area contributed by atoms with E-state index >= 15 is 0 Å². The van der Waals surface area contributed by atoms with Crippen molar-refractivity contribution in [1.29, 1.82) is 0 Å². The fourth-order valence-corrected chi connectivity index (χ4v) is 2.67. The summed E-state index contributed by atoms with van der Waals surface area (Å²) >= 11 is 0. The van der Waals surface area contributed by atoms with E-state index in [9.17, 15) is 4.79 Å². The molecule has 29 heavy (non-hydrogen) atoms. The van der Waals surface area contributed by atoms with E-state index in [1.54, 1.807) is 0 Å². The Morgan fingerprint density at radius 2 is 1.59 bits per heavy atom. The number of rotatable bonds is 12. The highest BCUT2D eigenvalue weighted by Gasteiger charge is 2.02. The highest BCUT2D eigenvalue weighted by Crippen LogP contribution is 2.22. The quantitative estimate of drug-likeness (QED) is 0.210. The molecule has 2 aromatic rings. The lowest BCUT2D eigenvalue weighted by molar-refractivity contribution is -0.151. The molecule has 156 valence electrons. The Morgan fingerprint density at radius 1 is 0.966 bits per heavy atom. The van der Waals surface area contributed by atoms with Crippen LogP contribution in [-0.2, 0) is 16.0 Å². The van der Waals surface area contributed by atoms with Crippen LogP contribution in [0, 0.1) is 0 Å². The molecule has 6 heteroatoms. The fraction of sp³-hybridized carbons (Fsp3) is 0.435. The number of carbonyl (C=O) groups excluding carboxylic acids is 1. The number of aryl methyl sites for hydroxylation is 1. The van der Waals surface area contributed by atoms with Crippen molar-refractivity contribution >= 4 is 17.3 Å². The van der Waals surface area contributed by atoms with E-state index in [0.717, 1.165) is 49.2 Å². The molecule has 2 aromatic carbocycles. The summed E-state index contributed by atoms with van der Waals surface area (Å²) in [5, 5.41) is 17.1. The zero-order valence-electron chi connectivity index (χ0n) is 17.2. The minimum atomic E-state index is -0.541. The molecule has 0 heterocycles. The maximum absolute atomic E-state index is 11.1. The molecule has 1 atom stereocenters. The van der Waals surface area contributed by atoms with E-state index in [4.69, 9.17) is 9.84 Å². The summed E-state index contributed by atoms with van der Waals surface area (Å²) in [7, 11) is 0. The third-order valence-corrected chi connectivity index (χ3v) is 4.54. The van der Waals surface area contributed by atoms with Crippen LogP contribution in [0.5, 0.6) is 5.75 Å². The number of aliphatic hydroxyl groups excluding tert-OH is 1. The van der Waals surface area contributed by atoms with Gasteiger partial charge in [0.1, 0.15) is 5.75 Å². The van der Waals surface area contributed by atoms with Crippen LogP contribution in [0.1, 0.15) is 51.5 Å². The predicted octanol–water partition coefficient (Wildman–Crippen LogP) is 5.88. The van der Waals surface area contributed by atoms with Gasteiger partial charge in [0, 0.05) is 6.42 Å². The average Bonchev–Trinajstić information content (AvgIpc) is 2.74. The van der Waals surface area contributed by atoms with Crippen LogP contribution in [0.4, 0.5) is 11.4 Å². The highest BCUT2D eigenvalue weighted by molar-refractivity contribution is 5.69. The molecular formula is C23H30N2O4. The molecule has 0 fully saturated rings. The van der Waals surface area contributed by atoms with Crippen LogP contribution in [0.3, 0.4) is 0 Å². The topological polar surface area (TPSA) is 80.5 Å². The number of hydrogen-bond donors (Lipinski definition) is 1. The summed E-state index contributed by atoms with van der Waals surface area (Å²) in [6.45, 7) is 3.60. The lowest BCUT2D eigenvalue weighted by Gasteiger charge is -2.11. The van der Waals surface area contributed by atoms with E-state index in [2.05, 4.69) is 34.0 Å². The number of nitrogens with zero attached hydrogens (tertiary/aromatic N) is 2. The Bertz CT molecular complexity index is 757. The van der Waals surface area contributed by atoms with Gasteiger partial charge in [-0.3, -0.25) is 4.79 Å². The van der Waals surface area contributed by atoms with Crippen LogP contribution in [0.25, 0.3) is 0 Å². The van der Waals surface area contributed by atoms with Crippen molar-refractivity contribution < 1.29 is 19.4 Å². The standard InChI is InChI=1S/C23H30N2O4/c1-3-18(2)29-22-15-13-21(14-16-22)25-24-20-11-9-19(10-12-20)7-5-4-6-8-23(27)28-17-26/h9-16,18,26H,3-8,17H2,1-2H3/t18-/m0/s1. The second-order valence-corrected chi connectivity index (χ2v) is 6.90. The first-order valence-electron chi connectivity index (χ1n) is 10.1. The van der Waals surface area contributed by atoms with Gasteiger partial charge < -0.3 is 14.6 Å². The summed E-state index contributed by atoms with van der Waals surface area (Å²) < 4.78 is 10.3. The van der Waals surface area contributed by atoms with Gasteiger partial charge in [-0.05, 0) is 74.6 Å². The fourth-order valence-electron chi connectivity index (χ4n) is 2.67. The molecule has 0 radical (unpaired) electrons. The second kappa shape index (κ2) is 12.7. The van der Waals surface area contributed by atoms with Crippen molar-refractivity contribution in [1.82, 2.24) is 0 Å². The van der Waals surface area contributed by atoms with Crippen LogP contribution in [0.15, 0.2) is 58.8 Å². The third kappa shape index (κ3) is 8.87. The predicted molar refractivity (Wildman–Crippen MR) is 113 cm³/mol. The minimum Gasteiger partial charge on any atom is -0.491 e. The van der Waals surface area contributed by atoms with Crippen LogP contribution < -0.4 is 4.74 Å². The minimum absolute atomic E-state index is 0.198. The summed E-state index contributed by atoms with van der Waals surface area (Å²) in [5.41, 5.74) is 2.82. The summed E-state index contributed by atoms with van der Waals surface area (Å²) in [4.78, 5) is 11.1. The summed E-state index contributed by atoms with van der Waals surface area (Å²) in [6, 6.07) is 15.6. The maximum Gasteiger partial charge on any atom is 0.307 e. The smallest absolute Gasteiger partial charge is 0.307 e. The van der Waals surface area contributed by atoms with Crippen molar-refractivity contribution in [2.24, 2.45) is 10.2 Å². The molecule has 0 bridgehead atoms. The monoisotopic (exact) mass is 398 g/mol. The van der Waals surface area contributed by atoms with Gasteiger partial charge in [-0.1, -0.05) is 25.5 Å². The molecule has 1 N–H and O–H groups in total. The number of aliphatic hydroxyl groups is 1. The zero-order valence-corrected chi connectivity index (χ0v) is 17.2. The molecule has 0 aromatic heterocycles. The van der Waals surface area contributed by atoms with E-state index in [-0.39, 0.29) is 12.1 Å². The van der Waals surface area contributed by atoms with Crippen molar-refractivity contribution in [2.45, 2.75) is 58.5 Å². The number of carbonyl (C=O) groups is 1. The van der Waals surface area contributed by atoms with E-state index in [1.807, 2.05) is 43.3 Å². The lowest BCUT2D eigenvalue weighted by Crippen LogP contribution is -2.09. The number of esters is 1. The molecule has 0 amide bonds. The van der Waals surface area contributed by atoms with Gasteiger partial charge in [-0.15, -0.1) is 0 Å². The molecule has 0 spiro atoms. The first kappa shape index (κ1) is 22.6. The van der Waals surface area contributed by atoms with Crippen LogP contribution >= 0.6 is 0 Å². The number of hydrogen-bond acceptors (Lipinski definition) is 6. The number of benzene rings is 2. The SMILES string of the molecule is CC[C@H](C)Oc1ccc(N=Nc2ccc(CCCCCC(=O)OCO)cc2)cc1. The Kier molecular flexibility index (Phi) is 9.86. The van der Waals surface area contributed by atoms with E-state index in [1.165, 1.54) is 5.56 Å². The molecule has 6 nitrogen and oxygen atoms in total. The first-order chi connectivity index (χ1) is 14.1. The average molecular weight is 399 g/mol. The Labute approximate surface area is 172 Å². The Hall–Kier alpha value is -2.73. The molecule has 0 aliphatic carbocycles. The van der Waals surface area contributed by atoms with Crippen molar-refractivity contribution in [3.63, 3.8) is 0 Å². The zero-order chi connectivity index (χ0) is 20.9. The first-order valence-corrected chi connectivity index (χ1v) is 10.1. The number of azo groups is 1. The molecule has 0 aliphatic heterocycles. The largest absolute Gasteiger partial charge is 0.491 e. The van der Waals surface area contributed by atoms with Crippen LogP contribution in [-0.4, -0.2) is 24.0 Å². The normalized spacial score (nSPS) is 12.1. The lowest BCUT2D eigenvalue weighted by atomic mass is 10.1.